The number of rotatable bonds is 7. The molecule has 0 atom stereocenters. The maximum absolute atomic E-state index is 2.41. The average molecular weight is 751 g/mol. The zero-order valence-electron chi connectivity index (χ0n) is 30.3. The number of nitrogens with zero attached hydrogens (tertiary/aromatic N) is 2. The van der Waals surface area contributed by atoms with Crippen LogP contribution in [0.4, 0.5) is 34.1 Å². The first-order valence-corrected chi connectivity index (χ1v) is 20.5. The van der Waals surface area contributed by atoms with Crippen LogP contribution in [0.3, 0.4) is 0 Å². The number of hydrogen-bond donors (Lipinski definition) is 0. The fraction of sp³-hybridized carbons (Fsp3) is 0. The van der Waals surface area contributed by atoms with Gasteiger partial charge in [-0.15, -0.1) is 22.7 Å². The first-order chi connectivity index (χ1) is 27.7. The van der Waals surface area contributed by atoms with Gasteiger partial charge in [-0.1, -0.05) is 115 Å². The molecule has 9 aromatic carbocycles. The highest BCUT2D eigenvalue weighted by molar-refractivity contribution is 7.26. The lowest BCUT2D eigenvalue weighted by atomic mass is 10.0. The Bertz CT molecular complexity index is 3160. The normalized spacial score (nSPS) is 11.6. The van der Waals surface area contributed by atoms with E-state index in [2.05, 4.69) is 216 Å². The van der Waals surface area contributed by atoms with Crippen molar-refractivity contribution in [3.63, 3.8) is 0 Å². The first-order valence-electron chi connectivity index (χ1n) is 18.9. The van der Waals surface area contributed by atoms with Crippen LogP contribution in [0.1, 0.15) is 0 Å². The fourth-order valence-corrected chi connectivity index (χ4v) is 10.4. The summed E-state index contributed by atoms with van der Waals surface area (Å²) in [6.45, 7) is 0. The van der Waals surface area contributed by atoms with Gasteiger partial charge in [0.05, 0.1) is 0 Å². The van der Waals surface area contributed by atoms with E-state index in [1.807, 2.05) is 22.7 Å². The SMILES string of the molecule is c1ccc(N(c2ccccc2)c2ccc3c(c2)sc2ccc(N(c4ccc(-c5ccc6ccccc6c5)cc4)c4ccc5c(c4)sc4ccccc45)cc23)cc1. The molecule has 0 radical (unpaired) electrons. The van der Waals surface area contributed by atoms with Crippen molar-refractivity contribution in [2.24, 2.45) is 0 Å². The Balaban J connectivity index is 1.03. The van der Waals surface area contributed by atoms with Gasteiger partial charge in [0.15, 0.2) is 0 Å². The lowest BCUT2D eigenvalue weighted by Gasteiger charge is -2.26. The third-order valence-electron chi connectivity index (χ3n) is 10.8. The van der Waals surface area contributed by atoms with Crippen LogP contribution in [0.2, 0.25) is 0 Å². The van der Waals surface area contributed by atoms with E-state index in [0.717, 1.165) is 34.1 Å². The van der Waals surface area contributed by atoms with Crippen molar-refractivity contribution in [3.8, 4) is 11.1 Å². The molecule has 11 rings (SSSR count). The molecule has 0 amide bonds. The van der Waals surface area contributed by atoms with E-state index in [9.17, 15) is 0 Å². The van der Waals surface area contributed by atoms with E-state index < -0.39 is 0 Å². The lowest BCUT2D eigenvalue weighted by molar-refractivity contribution is 1.29. The van der Waals surface area contributed by atoms with Gasteiger partial charge >= 0.3 is 0 Å². The highest BCUT2D eigenvalue weighted by atomic mass is 32.1. The van der Waals surface area contributed by atoms with Crippen LogP contribution in [0, 0.1) is 0 Å². The van der Waals surface area contributed by atoms with Crippen LogP contribution in [0.25, 0.3) is 62.2 Å². The third-order valence-corrected chi connectivity index (χ3v) is 13.1. The molecule has 264 valence electrons. The van der Waals surface area contributed by atoms with E-state index in [-0.39, 0.29) is 0 Å². The molecule has 11 aromatic rings. The van der Waals surface area contributed by atoms with E-state index in [0.29, 0.717) is 0 Å². The molecule has 0 N–H and O–H groups in total. The fourth-order valence-electron chi connectivity index (χ4n) is 8.11. The predicted octanol–water partition coefficient (Wildman–Crippen LogP) is 16.2. The van der Waals surface area contributed by atoms with Crippen molar-refractivity contribution in [1.29, 1.82) is 0 Å². The Hall–Kier alpha value is -6.72. The van der Waals surface area contributed by atoms with Gasteiger partial charge in [-0.25, -0.2) is 0 Å². The molecule has 2 nitrogen and oxygen atoms in total. The second kappa shape index (κ2) is 13.5. The summed E-state index contributed by atoms with van der Waals surface area (Å²) in [7, 11) is 0. The summed E-state index contributed by atoms with van der Waals surface area (Å²) < 4.78 is 5.15. The Morgan fingerprint density at radius 3 is 1.41 bits per heavy atom. The third kappa shape index (κ3) is 5.70. The molecule has 0 unspecified atom stereocenters. The monoisotopic (exact) mass is 750 g/mol. The number of anilines is 6. The van der Waals surface area contributed by atoms with Gasteiger partial charge in [0.2, 0.25) is 0 Å². The summed E-state index contributed by atoms with van der Waals surface area (Å²) in [5.41, 5.74) is 9.25. The van der Waals surface area contributed by atoms with Crippen molar-refractivity contribution in [2.75, 3.05) is 9.80 Å². The molecule has 56 heavy (non-hydrogen) atoms. The minimum absolute atomic E-state index is 1.12. The number of fused-ring (bicyclic) bond motifs is 7. The van der Waals surface area contributed by atoms with Crippen LogP contribution in [-0.2, 0) is 0 Å². The smallest absolute Gasteiger partial charge is 0.0476 e. The second-order valence-corrected chi connectivity index (χ2v) is 16.4. The van der Waals surface area contributed by atoms with Gasteiger partial charge in [-0.3, -0.25) is 0 Å². The maximum atomic E-state index is 2.41. The summed E-state index contributed by atoms with van der Waals surface area (Å²) in [6, 6.07) is 75.1. The molecule has 0 saturated carbocycles. The molecule has 0 saturated heterocycles. The molecule has 0 spiro atoms. The van der Waals surface area contributed by atoms with Crippen molar-refractivity contribution < 1.29 is 0 Å². The lowest BCUT2D eigenvalue weighted by Crippen LogP contribution is -2.09. The molecule has 0 aliphatic carbocycles. The standard InChI is InChI=1S/C52H34N2S2/c1-3-13-39(14-4-1)53(40-15-5-2-6-16-40)43-26-29-47-48-32-42(27-30-50(48)56-52(47)33-43)54(44-25-28-46-45-17-9-10-18-49(45)55-51(46)34-44)41-23-21-36(22-24-41)38-20-19-35-11-7-8-12-37(35)31-38/h1-34H. The molecular formula is C52H34N2S2. The predicted molar refractivity (Wildman–Crippen MR) is 245 cm³/mol. The molecular weight excluding hydrogens is 717 g/mol. The highest BCUT2D eigenvalue weighted by Crippen LogP contribution is 2.45. The Labute approximate surface area is 333 Å². The van der Waals surface area contributed by atoms with E-state index in [1.54, 1.807) is 0 Å². The molecule has 0 bridgehead atoms. The van der Waals surface area contributed by atoms with Crippen molar-refractivity contribution in [3.05, 3.63) is 206 Å². The van der Waals surface area contributed by atoms with E-state index in [1.165, 1.54) is 62.2 Å². The quantitative estimate of drug-likeness (QED) is 0.160. The van der Waals surface area contributed by atoms with Crippen LogP contribution in [-0.4, -0.2) is 0 Å². The van der Waals surface area contributed by atoms with Crippen LogP contribution in [0.15, 0.2) is 206 Å². The maximum Gasteiger partial charge on any atom is 0.0476 e. The molecule has 0 fully saturated rings. The topological polar surface area (TPSA) is 6.48 Å². The Kier molecular flexibility index (Phi) is 7.90. The summed E-state index contributed by atoms with van der Waals surface area (Å²) in [4.78, 5) is 4.75. The van der Waals surface area contributed by atoms with E-state index in [4.69, 9.17) is 0 Å². The van der Waals surface area contributed by atoms with Crippen molar-refractivity contribution >= 4 is 108 Å². The Morgan fingerprint density at radius 2 is 0.714 bits per heavy atom. The largest absolute Gasteiger partial charge is 0.310 e. The van der Waals surface area contributed by atoms with E-state index >= 15 is 0 Å². The van der Waals surface area contributed by atoms with Gasteiger partial charge in [-0.05, 0) is 113 Å². The van der Waals surface area contributed by atoms with Gasteiger partial charge in [-0.2, -0.15) is 0 Å². The summed E-state index contributed by atoms with van der Waals surface area (Å²) in [6.07, 6.45) is 0. The summed E-state index contributed by atoms with van der Waals surface area (Å²) in [5, 5.41) is 7.66. The number of thiophene rings is 2. The minimum atomic E-state index is 1.12. The summed E-state index contributed by atoms with van der Waals surface area (Å²) in [5.74, 6) is 0. The van der Waals surface area contributed by atoms with Gasteiger partial charge < -0.3 is 9.80 Å². The minimum Gasteiger partial charge on any atom is -0.310 e. The van der Waals surface area contributed by atoms with Crippen LogP contribution in [0.5, 0.6) is 0 Å². The van der Waals surface area contributed by atoms with Gasteiger partial charge in [0, 0.05) is 74.5 Å². The van der Waals surface area contributed by atoms with Gasteiger partial charge in [0.25, 0.3) is 0 Å². The number of hydrogen-bond acceptors (Lipinski definition) is 4. The second-order valence-electron chi connectivity index (χ2n) is 14.2. The molecule has 0 aliphatic rings. The highest BCUT2D eigenvalue weighted by Gasteiger charge is 2.18. The Morgan fingerprint density at radius 1 is 0.250 bits per heavy atom. The average Bonchev–Trinajstić information content (AvgIpc) is 3.82. The zero-order valence-corrected chi connectivity index (χ0v) is 32.0. The molecule has 4 heteroatoms. The van der Waals surface area contributed by atoms with Crippen LogP contribution < -0.4 is 9.80 Å². The van der Waals surface area contributed by atoms with Crippen LogP contribution >= 0.6 is 22.7 Å². The van der Waals surface area contributed by atoms with Crippen molar-refractivity contribution in [2.45, 2.75) is 0 Å². The number of para-hydroxylation sites is 2. The number of benzene rings is 9. The first kappa shape index (κ1) is 32.7. The van der Waals surface area contributed by atoms with Crippen molar-refractivity contribution in [1.82, 2.24) is 0 Å². The molecule has 2 heterocycles. The summed E-state index contributed by atoms with van der Waals surface area (Å²) >= 11 is 3.72. The molecule has 2 aromatic heterocycles. The molecule has 0 aliphatic heterocycles. The van der Waals surface area contributed by atoms with Gasteiger partial charge in [0.1, 0.15) is 0 Å². The zero-order chi connectivity index (χ0) is 37.0.